The Labute approximate surface area is 79.9 Å². The van der Waals surface area contributed by atoms with Crippen LogP contribution in [0.3, 0.4) is 0 Å². The normalized spacial score (nSPS) is 10.5. The van der Waals surface area contributed by atoms with E-state index in [2.05, 4.69) is 25.8 Å². The second kappa shape index (κ2) is 3.90. The predicted molar refractivity (Wildman–Crippen MR) is 57.5 cm³/mol. The van der Waals surface area contributed by atoms with Gasteiger partial charge in [-0.05, 0) is 11.6 Å². The van der Waals surface area contributed by atoms with Crippen molar-refractivity contribution in [1.82, 2.24) is 0 Å². The van der Waals surface area contributed by atoms with Gasteiger partial charge in [0.1, 0.15) is 0 Å². The Morgan fingerprint density at radius 1 is 1.00 bits per heavy atom. The Hall–Kier alpha value is -1.56. The second-order valence-electron chi connectivity index (χ2n) is 2.83. The summed E-state index contributed by atoms with van der Waals surface area (Å²) >= 11 is 0. The summed E-state index contributed by atoms with van der Waals surface area (Å²) in [4.78, 5) is 0. The standard InChI is InChI=1S/C13H13/c1-4-13(5-2,6-3)12-10-8-7-9-11-12/h4-6,8-11H,1-3H2. The van der Waals surface area contributed by atoms with Gasteiger partial charge in [-0.1, -0.05) is 42.5 Å². The number of rotatable bonds is 4. The molecule has 0 nitrogen and oxygen atoms in total. The highest BCUT2D eigenvalue weighted by Gasteiger charge is 2.19. The molecular weight excluding hydrogens is 156 g/mol. The molecule has 0 heterocycles. The van der Waals surface area contributed by atoms with Crippen molar-refractivity contribution in [2.75, 3.05) is 0 Å². The zero-order valence-electron chi connectivity index (χ0n) is 7.66. The van der Waals surface area contributed by atoms with E-state index in [-0.39, 0.29) is 5.41 Å². The van der Waals surface area contributed by atoms with Crippen LogP contribution in [-0.4, -0.2) is 0 Å². The molecule has 0 aliphatic carbocycles. The van der Waals surface area contributed by atoms with Gasteiger partial charge < -0.3 is 0 Å². The minimum Gasteiger partial charge on any atom is -0.102 e. The van der Waals surface area contributed by atoms with Crippen molar-refractivity contribution in [3.63, 3.8) is 0 Å². The third-order valence-electron chi connectivity index (χ3n) is 2.23. The van der Waals surface area contributed by atoms with Crippen LogP contribution in [0, 0.1) is 6.07 Å². The maximum Gasteiger partial charge on any atom is 0.0485 e. The van der Waals surface area contributed by atoms with Crippen molar-refractivity contribution in [1.29, 1.82) is 0 Å². The minimum atomic E-state index is -0.310. The molecule has 13 heavy (non-hydrogen) atoms. The molecule has 0 saturated heterocycles. The zero-order valence-corrected chi connectivity index (χ0v) is 7.66. The lowest BCUT2D eigenvalue weighted by Gasteiger charge is -2.22. The first kappa shape index (κ1) is 9.53. The molecule has 0 heteroatoms. The van der Waals surface area contributed by atoms with Crippen LogP contribution < -0.4 is 0 Å². The highest BCUT2D eigenvalue weighted by atomic mass is 14.2. The van der Waals surface area contributed by atoms with Crippen molar-refractivity contribution in [2.24, 2.45) is 0 Å². The van der Waals surface area contributed by atoms with Gasteiger partial charge in [0.25, 0.3) is 0 Å². The molecule has 0 saturated carbocycles. The van der Waals surface area contributed by atoms with Gasteiger partial charge in [-0.3, -0.25) is 0 Å². The summed E-state index contributed by atoms with van der Waals surface area (Å²) < 4.78 is 0. The van der Waals surface area contributed by atoms with Gasteiger partial charge >= 0.3 is 0 Å². The lowest BCUT2D eigenvalue weighted by molar-refractivity contribution is 0.864. The van der Waals surface area contributed by atoms with Gasteiger partial charge in [0, 0.05) is 5.41 Å². The molecule has 0 aliphatic heterocycles. The second-order valence-corrected chi connectivity index (χ2v) is 2.83. The van der Waals surface area contributed by atoms with Crippen LogP contribution in [0.4, 0.5) is 0 Å². The molecule has 1 radical (unpaired) electrons. The van der Waals surface area contributed by atoms with Crippen molar-refractivity contribution in [2.45, 2.75) is 5.41 Å². The summed E-state index contributed by atoms with van der Waals surface area (Å²) in [5.41, 5.74) is 0.806. The lowest BCUT2D eigenvalue weighted by Crippen LogP contribution is -2.15. The Bertz CT molecular complexity index is 284. The molecule has 1 aromatic carbocycles. The SMILES string of the molecule is C=CC(C=C)(C=C)c1cc[c]cc1. The fraction of sp³-hybridized carbons (Fsp3) is 0.0769. The van der Waals surface area contributed by atoms with E-state index in [1.807, 2.05) is 42.5 Å². The number of hydrogen-bond donors (Lipinski definition) is 0. The maximum atomic E-state index is 3.80. The van der Waals surface area contributed by atoms with Crippen LogP contribution in [-0.2, 0) is 5.41 Å². The lowest BCUT2D eigenvalue weighted by atomic mass is 9.81. The molecule has 0 aliphatic rings. The number of hydrogen-bond acceptors (Lipinski definition) is 0. The summed E-state index contributed by atoms with van der Waals surface area (Å²) in [6.07, 6.45) is 5.51. The first-order chi connectivity index (χ1) is 6.29. The van der Waals surface area contributed by atoms with Crippen LogP contribution in [0.25, 0.3) is 0 Å². The molecule has 65 valence electrons. The van der Waals surface area contributed by atoms with E-state index < -0.39 is 0 Å². The van der Waals surface area contributed by atoms with Gasteiger partial charge in [0.15, 0.2) is 0 Å². The van der Waals surface area contributed by atoms with E-state index >= 15 is 0 Å². The number of benzene rings is 1. The molecule has 0 amide bonds. The number of allylic oxidation sites excluding steroid dienone is 3. The van der Waals surface area contributed by atoms with Gasteiger partial charge in [-0.15, -0.1) is 19.7 Å². The topological polar surface area (TPSA) is 0 Å². The van der Waals surface area contributed by atoms with Crippen molar-refractivity contribution in [3.05, 3.63) is 73.9 Å². The average Bonchev–Trinajstić information content (AvgIpc) is 2.23. The molecule has 0 aromatic heterocycles. The van der Waals surface area contributed by atoms with E-state index in [4.69, 9.17) is 0 Å². The summed E-state index contributed by atoms with van der Waals surface area (Å²) in [6.45, 7) is 11.4. The molecular formula is C13H13. The van der Waals surface area contributed by atoms with E-state index in [1.165, 1.54) is 0 Å². The highest BCUT2D eigenvalue weighted by molar-refractivity contribution is 5.40. The van der Waals surface area contributed by atoms with Crippen LogP contribution >= 0.6 is 0 Å². The minimum absolute atomic E-state index is 0.310. The fourth-order valence-electron chi connectivity index (χ4n) is 1.28. The first-order valence-corrected chi connectivity index (χ1v) is 4.16. The predicted octanol–water partition coefficient (Wildman–Crippen LogP) is 3.28. The van der Waals surface area contributed by atoms with Crippen molar-refractivity contribution in [3.8, 4) is 0 Å². The monoisotopic (exact) mass is 169 g/mol. The Balaban J connectivity index is 3.23. The van der Waals surface area contributed by atoms with E-state index in [0.29, 0.717) is 0 Å². The van der Waals surface area contributed by atoms with E-state index in [9.17, 15) is 0 Å². The largest absolute Gasteiger partial charge is 0.102 e. The average molecular weight is 169 g/mol. The Morgan fingerprint density at radius 2 is 1.46 bits per heavy atom. The van der Waals surface area contributed by atoms with Crippen LogP contribution in [0.15, 0.2) is 62.2 Å². The first-order valence-electron chi connectivity index (χ1n) is 4.16. The summed E-state index contributed by atoms with van der Waals surface area (Å²) in [7, 11) is 0. The van der Waals surface area contributed by atoms with Crippen LogP contribution in [0.1, 0.15) is 5.56 Å². The Morgan fingerprint density at radius 3 is 1.85 bits per heavy atom. The molecule has 0 bridgehead atoms. The van der Waals surface area contributed by atoms with E-state index in [1.54, 1.807) is 0 Å². The molecule has 0 unspecified atom stereocenters. The van der Waals surface area contributed by atoms with Gasteiger partial charge in [0.05, 0.1) is 0 Å². The van der Waals surface area contributed by atoms with Gasteiger partial charge in [0.2, 0.25) is 0 Å². The van der Waals surface area contributed by atoms with Gasteiger partial charge in [-0.2, -0.15) is 0 Å². The van der Waals surface area contributed by atoms with Crippen LogP contribution in [0.2, 0.25) is 0 Å². The highest BCUT2D eigenvalue weighted by Crippen LogP contribution is 2.27. The molecule has 0 spiro atoms. The molecule has 0 N–H and O–H groups in total. The van der Waals surface area contributed by atoms with Crippen molar-refractivity contribution >= 4 is 0 Å². The summed E-state index contributed by atoms with van der Waals surface area (Å²) in [6, 6.07) is 10.7. The molecule has 0 atom stereocenters. The fourth-order valence-corrected chi connectivity index (χ4v) is 1.28. The van der Waals surface area contributed by atoms with Crippen molar-refractivity contribution < 1.29 is 0 Å². The third-order valence-corrected chi connectivity index (χ3v) is 2.23. The molecule has 1 rings (SSSR count). The van der Waals surface area contributed by atoms with E-state index in [0.717, 1.165) is 5.56 Å². The Kier molecular flexibility index (Phi) is 2.86. The van der Waals surface area contributed by atoms with Gasteiger partial charge in [-0.25, -0.2) is 0 Å². The van der Waals surface area contributed by atoms with Crippen LogP contribution in [0.5, 0.6) is 0 Å². The summed E-state index contributed by atoms with van der Waals surface area (Å²) in [5.74, 6) is 0. The quantitative estimate of drug-likeness (QED) is 0.607. The molecule has 0 fully saturated rings. The smallest absolute Gasteiger partial charge is 0.0485 e. The summed E-state index contributed by atoms with van der Waals surface area (Å²) in [5, 5.41) is 0. The maximum absolute atomic E-state index is 3.80. The zero-order chi connectivity index (χ0) is 9.73. The third kappa shape index (κ3) is 1.62. The molecule has 1 aromatic rings.